The minimum Gasteiger partial charge on any atom is -0.298 e. The van der Waals surface area contributed by atoms with Crippen molar-refractivity contribution in [3.63, 3.8) is 0 Å². The van der Waals surface area contributed by atoms with Crippen LogP contribution in [0.4, 0.5) is 0 Å². The Bertz CT molecular complexity index is 507. The molecule has 0 aliphatic rings. The van der Waals surface area contributed by atoms with Gasteiger partial charge in [-0.3, -0.25) is 4.79 Å². The number of hydrogen-bond acceptors (Lipinski definition) is 3. The third-order valence-electron chi connectivity index (χ3n) is 1.85. The Balaban J connectivity index is 2.26. The van der Waals surface area contributed by atoms with E-state index in [-0.39, 0.29) is 0 Å². The van der Waals surface area contributed by atoms with Gasteiger partial charge in [0.25, 0.3) is 0 Å². The molecule has 1 heterocycles. The number of rotatable bonds is 3. The Morgan fingerprint density at radius 1 is 1.31 bits per heavy atom. The highest BCUT2D eigenvalue weighted by atomic mass is 79.9. The summed E-state index contributed by atoms with van der Waals surface area (Å²) in [4.78, 5) is 11.9. The zero-order chi connectivity index (χ0) is 11.5. The van der Waals surface area contributed by atoms with Gasteiger partial charge in [0.1, 0.15) is 0 Å². The molecule has 1 aromatic heterocycles. The van der Waals surface area contributed by atoms with Crippen molar-refractivity contribution in [2.24, 2.45) is 0 Å². The molecule has 0 atom stereocenters. The lowest BCUT2D eigenvalue weighted by atomic mass is 10.4. The number of hydrogen-bond donors (Lipinski definition) is 0. The van der Waals surface area contributed by atoms with Crippen molar-refractivity contribution in [1.82, 2.24) is 0 Å². The van der Waals surface area contributed by atoms with Crippen molar-refractivity contribution in [3.8, 4) is 0 Å². The Morgan fingerprint density at radius 3 is 2.62 bits per heavy atom. The van der Waals surface area contributed by atoms with Crippen molar-refractivity contribution in [3.05, 3.63) is 44.7 Å². The highest BCUT2D eigenvalue weighted by Crippen LogP contribution is 2.38. The van der Waals surface area contributed by atoms with Gasteiger partial charge in [0.05, 0.1) is 8.00 Å². The third-order valence-corrected chi connectivity index (χ3v) is 4.98. The van der Waals surface area contributed by atoms with Crippen molar-refractivity contribution in [2.45, 2.75) is 9.10 Å². The van der Waals surface area contributed by atoms with Crippen LogP contribution in [0, 0.1) is 0 Å². The number of aldehydes is 1. The first-order valence-electron chi connectivity index (χ1n) is 4.37. The van der Waals surface area contributed by atoms with E-state index in [4.69, 9.17) is 11.6 Å². The average Bonchev–Trinajstić information content (AvgIpc) is 2.62. The first-order valence-corrected chi connectivity index (χ1v) is 7.17. The molecular formula is C11H6BrClOS2. The van der Waals surface area contributed by atoms with Crippen LogP contribution in [-0.4, -0.2) is 6.29 Å². The van der Waals surface area contributed by atoms with Gasteiger partial charge in [0.2, 0.25) is 0 Å². The van der Waals surface area contributed by atoms with E-state index in [0.29, 0.717) is 5.02 Å². The maximum atomic E-state index is 10.8. The first kappa shape index (κ1) is 12.2. The standard InChI is InChI=1S/C11H6BrClOS2/c12-10-5-7(6-14)11(16-10)15-9-3-1-8(13)2-4-9/h1-6H. The molecule has 2 aromatic rings. The van der Waals surface area contributed by atoms with Crippen LogP contribution in [0.1, 0.15) is 10.4 Å². The molecule has 0 fully saturated rings. The molecule has 0 saturated carbocycles. The predicted molar refractivity (Wildman–Crippen MR) is 73.0 cm³/mol. The number of halogens is 2. The molecule has 0 unspecified atom stereocenters. The molecule has 0 radical (unpaired) electrons. The topological polar surface area (TPSA) is 17.1 Å². The van der Waals surface area contributed by atoms with Gasteiger partial charge < -0.3 is 0 Å². The van der Waals surface area contributed by atoms with Gasteiger partial charge in [-0.15, -0.1) is 11.3 Å². The van der Waals surface area contributed by atoms with Crippen molar-refractivity contribution in [2.75, 3.05) is 0 Å². The normalized spacial score (nSPS) is 10.4. The summed E-state index contributed by atoms with van der Waals surface area (Å²) in [6.07, 6.45) is 0.875. The zero-order valence-corrected chi connectivity index (χ0v) is 11.9. The molecule has 0 spiro atoms. The van der Waals surface area contributed by atoms with Crippen LogP contribution in [0.5, 0.6) is 0 Å². The Labute approximate surface area is 115 Å². The van der Waals surface area contributed by atoms with E-state index in [1.54, 1.807) is 23.1 Å². The van der Waals surface area contributed by atoms with Crippen LogP contribution in [0.15, 0.2) is 43.2 Å². The molecule has 0 bridgehead atoms. The number of thiophene rings is 1. The quantitative estimate of drug-likeness (QED) is 0.724. The van der Waals surface area contributed by atoms with E-state index < -0.39 is 0 Å². The summed E-state index contributed by atoms with van der Waals surface area (Å²) in [5.41, 5.74) is 0.719. The number of carbonyl (C=O) groups is 1. The molecule has 1 aromatic carbocycles. The summed E-state index contributed by atoms with van der Waals surface area (Å²) in [7, 11) is 0. The highest BCUT2D eigenvalue weighted by Gasteiger charge is 2.08. The van der Waals surface area contributed by atoms with Crippen molar-refractivity contribution < 1.29 is 4.79 Å². The zero-order valence-electron chi connectivity index (χ0n) is 7.94. The summed E-state index contributed by atoms with van der Waals surface area (Å²) >= 11 is 12.3. The van der Waals surface area contributed by atoms with E-state index in [0.717, 1.165) is 24.7 Å². The molecule has 0 amide bonds. The van der Waals surface area contributed by atoms with Gasteiger partial charge in [0, 0.05) is 15.5 Å². The maximum absolute atomic E-state index is 10.8. The third kappa shape index (κ3) is 2.88. The van der Waals surface area contributed by atoms with Crippen LogP contribution in [0.25, 0.3) is 0 Å². The summed E-state index contributed by atoms with van der Waals surface area (Å²) in [6, 6.07) is 9.39. The van der Waals surface area contributed by atoms with Gasteiger partial charge in [0.15, 0.2) is 6.29 Å². The van der Waals surface area contributed by atoms with E-state index in [9.17, 15) is 4.79 Å². The predicted octanol–water partition coefficient (Wildman–Crippen LogP) is 5.13. The minimum atomic E-state index is 0.715. The number of benzene rings is 1. The first-order chi connectivity index (χ1) is 7.69. The lowest BCUT2D eigenvalue weighted by molar-refractivity contribution is 0.112. The molecule has 82 valence electrons. The van der Waals surface area contributed by atoms with Crippen LogP contribution in [-0.2, 0) is 0 Å². The average molecular weight is 334 g/mol. The van der Waals surface area contributed by atoms with Crippen LogP contribution >= 0.6 is 50.6 Å². The number of carbonyl (C=O) groups excluding carboxylic acids is 1. The smallest absolute Gasteiger partial charge is 0.152 e. The van der Waals surface area contributed by atoms with Gasteiger partial charge in [-0.25, -0.2) is 0 Å². The Kier molecular flexibility index (Phi) is 4.08. The lowest BCUT2D eigenvalue weighted by Crippen LogP contribution is -1.76. The molecular weight excluding hydrogens is 328 g/mol. The molecule has 2 rings (SSSR count). The second kappa shape index (κ2) is 5.36. The molecule has 5 heteroatoms. The summed E-state index contributed by atoms with van der Waals surface area (Å²) in [5.74, 6) is 0. The Hall–Kier alpha value is -0.290. The minimum absolute atomic E-state index is 0.715. The lowest BCUT2D eigenvalue weighted by Gasteiger charge is -1.99. The van der Waals surface area contributed by atoms with Crippen molar-refractivity contribution >= 4 is 56.9 Å². The summed E-state index contributed by atoms with van der Waals surface area (Å²) < 4.78 is 1.95. The monoisotopic (exact) mass is 332 g/mol. The second-order valence-electron chi connectivity index (χ2n) is 2.97. The van der Waals surface area contributed by atoms with Crippen molar-refractivity contribution in [1.29, 1.82) is 0 Å². The molecule has 0 aliphatic carbocycles. The fourth-order valence-corrected chi connectivity index (χ4v) is 4.33. The molecule has 1 nitrogen and oxygen atoms in total. The SMILES string of the molecule is O=Cc1cc(Br)sc1Sc1ccc(Cl)cc1. The van der Waals surface area contributed by atoms with E-state index in [1.165, 1.54) is 0 Å². The van der Waals surface area contributed by atoms with Crippen LogP contribution in [0.3, 0.4) is 0 Å². The van der Waals surface area contributed by atoms with E-state index in [1.807, 2.05) is 30.3 Å². The fourth-order valence-electron chi connectivity index (χ4n) is 1.13. The Morgan fingerprint density at radius 2 is 2.00 bits per heavy atom. The molecule has 0 aliphatic heterocycles. The summed E-state index contributed by atoms with van der Waals surface area (Å²) in [6.45, 7) is 0. The van der Waals surface area contributed by atoms with Gasteiger partial charge in [-0.05, 0) is 46.3 Å². The van der Waals surface area contributed by atoms with E-state index in [2.05, 4.69) is 15.9 Å². The highest BCUT2D eigenvalue weighted by molar-refractivity contribution is 9.11. The maximum Gasteiger partial charge on any atom is 0.152 e. The molecule has 0 saturated heterocycles. The van der Waals surface area contributed by atoms with Gasteiger partial charge in [-0.1, -0.05) is 23.4 Å². The fraction of sp³-hybridized carbons (Fsp3) is 0. The summed E-state index contributed by atoms with van der Waals surface area (Å²) in [5, 5.41) is 0.715. The largest absolute Gasteiger partial charge is 0.298 e. The van der Waals surface area contributed by atoms with Crippen LogP contribution < -0.4 is 0 Å². The van der Waals surface area contributed by atoms with Gasteiger partial charge >= 0.3 is 0 Å². The second-order valence-corrected chi connectivity index (χ2v) is 7.18. The van der Waals surface area contributed by atoms with E-state index >= 15 is 0 Å². The van der Waals surface area contributed by atoms with Crippen LogP contribution in [0.2, 0.25) is 5.02 Å². The molecule has 0 N–H and O–H groups in total. The van der Waals surface area contributed by atoms with Gasteiger partial charge in [-0.2, -0.15) is 0 Å². The molecule has 16 heavy (non-hydrogen) atoms.